The van der Waals surface area contributed by atoms with Crippen molar-refractivity contribution in [2.75, 3.05) is 25.2 Å². The van der Waals surface area contributed by atoms with E-state index in [1.54, 1.807) is 17.9 Å². The van der Waals surface area contributed by atoms with E-state index in [2.05, 4.69) is 11.8 Å². The fraction of sp³-hybridized carbons (Fsp3) is 0.692. The summed E-state index contributed by atoms with van der Waals surface area (Å²) in [4.78, 5) is 29.5. The van der Waals surface area contributed by atoms with Crippen molar-refractivity contribution < 1.29 is 29.3 Å². The molecule has 3 rings (SSSR count). The summed E-state index contributed by atoms with van der Waals surface area (Å²) in [7, 11) is 1.33. The van der Waals surface area contributed by atoms with Crippen LogP contribution >= 0.6 is 11.3 Å². The second kappa shape index (κ2) is 10.8. The average molecular weight is 492 g/mol. The van der Waals surface area contributed by atoms with E-state index in [9.17, 15) is 19.8 Å². The van der Waals surface area contributed by atoms with E-state index in [0.29, 0.717) is 22.0 Å². The van der Waals surface area contributed by atoms with Crippen LogP contribution in [0.25, 0.3) is 0 Å². The van der Waals surface area contributed by atoms with Crippen LogP contribution in [0.4, 0.5) is 5.69 Å². The molecule has 0 bridgehead atoms. The first-order valence-electron chi connectivity index (χ1n) is 12.0. The van der Waals surface area contributed by atoms with Gasteiger partial charge in [0, 0.05) is 11.8 Å². The van der Waals surface area contributed by atoms with Crippen molar-refractivity contribution in [3.63, 3.8) is 0 Å². The maximum Gasteiger partial charge on any atom is 0.350 e. The minimum atomic E-state index is -1.32. The summed E-state index contributed by atoms with van der Waals surface area (Å²) >= 11 is 1.22. The number of esters is 1. The second-order valence-corrected chi connectivity index (χ2v) is 11.6. The molecule has 7 nitrogen and oxygen atoms in total. The largest absolute Gasteiger partial charge is 0.465 e. The molecule has 2 fully saturated rings. The molecule has 1 saturated heterocycles. The highest BCUT2D eigenvalue weighted by Gasteiger charge is 2.49. The molecule has 1 amide bonds. The number of anilines is 1. The zero-order valence-corrected chi connectivity index (χ0v) is 21.7. The van der Waals surface area contributed by atoms with Gasteiger partial charge in [0.05, 0.1) is 43.0 Å². The van der Waals surface area contributed by atoms with Crippen LogP contribution in [0, 0.1) is 23.2 Å². The van der Waals surface area contributed by atoms with Gasteiger partial charge in [-0.1, -0.05) is 31.1 Å². The van der Waals surface area contributed by atoms with Crippen molar-refractivity contribution in [3.05, 3.63) is 15.8 Å². The number of hydrogen-bond donors (Lipinski definition) is 2. The number of morpholine rings is 1. The van der Waals surface area contributed by atoms with E-state index in [4.69, 9.17) is 9.47 Å². The molecule has 188 valence electrons. The third-order valence-electron chi connectivity index (χ3n) is 6.51. The molecule has 1 saturated carbocycles. The zero-order valence-electron chi connectivity index (χ0n) is 20.8. The SMILES string of the molecule is COC(=O)c1sc(C#CC(C)(C)C)cc1N1C(=O)[C@@](C)(CC(O)CO)OC[C@H]1C1CCCCC1. The van der Waals surface area contributed by atoms with E-state index >= 15 is 0 Å². The van der Waals surface area contributed by atoms with E-state index in [1.807, 2.05) is 20.8 Å². The normalized spacial score (nSPS) is 25.0. The number of aliphatic hydroxyl groups excluding tert-OH is 2. The van der Waals surface area contributed by atoms with Gasteiger partial charge < -0.3 is 24.6 Å². The molecule has 1 aromatic rings. The lowest BCUT2D eigenvalue weighted by molar-refractivity contribution is -0.158. The molecule has 34 heavy (non-hydrogen) atoms. The number of amides is 1. The highest BCUT2D eigenvalue weighted by molar-refractivity contribution is 7.15. The van der Waals surface area contributed by atoms with Gasteiger partial charge in [0.15, 0.2) is 0 Å². The molecule has 0 spiro atoms. The summed E-state index contributed by atoms with van der Waals surface area (Å²) in [6.45, 7) is 7.51. The van der Waals surface area contributed by atoms with Gasteiger partial charge in [0.1, 0.15) is 10.5 Å². The van der Waals surface area contributed by atoms with Gasteiger partial charge in [0.25, 0.3) is 5.91 Å². The summed E-state index contributed by atoms with van der Waals surface area (Å²) < 4.78 is 11.1. The summed E-state index contributed by atoms with van der Waals surface area (Å²) in [5, 5.41) is 19.5. The monoisotopic (exact) mass is 491 g/mol. The van der Waals surface area contributed by atoms with Crippen LogP contribution in [-0.2, 0) is 14.3 Å². The topological polar surface area (TPSA) is 96.3 Å². The molecular formula is C26H37NO6S. The molecule has 0 radical (unpaired) electrons. The van der Waals surface area contributed by atoms with Crippen LogP contribution in [0.5, 0.6) is 0 Å². The summed E-state index contributed by atoms with van der Waals surface area (Å²) in [5.41, 5.74) is -1.04. The van der Waals surface area contributed by atoms with Crippen molar-refractivity contribution in [2.45, 2.75) is 84.0 Å². The lowest BCUT2D eigenvalue weighted by atomic mass is 9.81. The molecule has 1 unspecified atom stereocenters. The Bertz CT molecular complexity index is 949. The molecule has 2 N–H and O–H groups in total. The van der Waals surface area contributed by atoms with E-state index in [0.717, 1.165) is 25.7 Å². The Balaban J connectivity index is 2.10. The van der Waals surface area contributed by atoms with Gasteiger partial charge in [-0.3, -0.25) is 4.79 Å². The number of carbonyl (C=O) groups is 2. The number of carbonyl (C=O) groups excluding carboxylic acids is 2. The van der Waals surface area contributed by atoms with Gasteiger partial charge in [-0.15, -0.1) is 11.3 Å². The molecular weight excluding hydrogens is 454 g/mol. The first-order valence-corrected chi connectivity index (χ1v) is 12.8. The summed E-state index contributed by atoms with van der Waals surface area (Å²) in [6, 6.07) is 1.58. The zero-order chi connectivity index (χ0) is 25.1. The minimum Gasteiger partial charge on any atom is -0.465 e. The van der Waals surface area contributed by atoms with Crippen molar-refractivity contribution in [2.24, 2.45) is 11.3 Å². The first kappa shape index (κ1) is 26.7. The van der Waals surface area contributed by atoms with Crippen LogP contribution in [0.15, 0.2) is 6.07 Å². The van der Waals surface area contributed by atoms with Crippen LogP contribution in [-0.4, -0.2) is 60.2 Å². The quantitative estimate of drug-likeness (QED) is 0.465. The van der Waals surface area contributed by atoms with Crippen LogP contribution in [0.1, 0.15) is 80.8 Å². The lowest BCUT2D eigenvalue weighted by Gasteiger charge is -2.48. The smallest absolute Gasteiger partial charge is 0.350 e. The van der Waals surface area contributed by atoms with E-state index < -0.39 is 24.3 Å². The highest BCUT2D eigenvalue weighted by atomic mass is 32.1. The van der Waals surface area contributed by atoms with Gasteiger partial charge in [-0.05, 0) is 52.5 Å². The Hall–Kier alpha value is -1.92. The number of methoxy groups -OCH3 is 1. The van der Waals surface area contributed by atoms with Crippen LogP contribution in [0.3, 0.4) is 0 Å². The molecule has 1 aliphatic heterocycles. The Morgan fingerprint density at radius 2 is 2.03 bits per heavy atom. The lowest BCUT2D eigenvalue weighted by Crippen LogP contribution is -2.63. The van der Waals surface area contributed by atoms with Gasteiger partial charge >= 0.3 is 5.97 Å². The van der Waals surface area contributed by atoms with Gasteiger partial charge in [0.2, 0.25) is 0 Å². The fourth-order valence-corrected chi connectivity index (χ4v) is 5.66. The molecule has 0 aromatic carbocycles. The van der Waals surface area contributed by atoms with Crippen molar-refractivity contribution in [3.8, 4) is 11.8 Å². The van der Waals surface area contributed by atoms with Crippen molar-refractivity contribution >= 4 is 28.9 Å². The highest BCUT2D eigenvalue weighted by Crippen LogP contribution is 2.41. The number of nitrogens with zero attached hydrogens (tertiary/aromatic N) is 1. The number of aliphatic hydroxyl groups is 2. The Morgan fingerprint density at radius 1 is 1.35 bits per heavy atom. The minimum absolute atomic E-state index is 0.0371. The maximum absolute atomic E-state index is 14.0. The standard InChI is InChI=1S/C26H37NO6S/c1-25(2,3)12-11-19-13-20(22(34-19)23(30)32-5)27-21(17-9-7-6-8-10-17)16-33-26(4,24(27)31)14-18(29)15-28/h13,17-18,21,28-29H,6-10,14-16H2,1-5H3/t18?,21-,26+/m0/s1. The maximum atomic E-state index is 14.0. The number of ether oxygens (including phenoxy) is 2. The Labute approximate surface area is 206 Å². The Kier molecular flexibility index (Phi) is 8.46. The van der Waals surface area contributed by atoms with Crippen LogP contribution < -0.4 is 4.90 Å². The van der Waals surface area contributed by atoms with Gasteiger partial charge in [-0.2, -0.15) is 0 Å². The molecule has 1 aromatic heterocycles. The third kappa shape index (κ3) is 6.01. The van der Waals surface area contributed by atoms with Crippen molar-refractivity contribution in [1.82, 2.24) is 0 Å². The molecule has 8 heteroatoms. The Morgan fingerprint density at radius 3 is 2.62 bits per heavy atom. The van der Waals surface area contributed by atoms with E-state index in [-0.39, 0.29) is 29.7 Å². The second-order valence-electron chi connectivity index (χ2n) is 10.5. The number of hydrogen-bond acceptors (Lipinski definition) is 7. The molecule has 1 aliphatic carbocycles. The van der Waals surface area contributed by atoms with Crippen molar-refractivity contribution in [1.29, 1.82) is 0 Å². The predicted octanol–water partition coefficient (Wildman–Crippen LogP) is 3.75. The molecule has 3 atom stereocenters. The summed E-state index contributed by atoms with van der Waals surface area (Å²) in [5.74, 6) is 5.77. The van der Waals surface area contributed by atoms with E-state index in [1.165, 1.54) is 24.9 Å². The van der Waals surface area contributed by atoms with Gasteiger partial charge in [-0.25, -0.2) is 4.79 Å². The average Bonchev–Trinajstić information content (AvgIpc) is 3.23. The third-order valence-corrected chi connectivity index (χ3v) is 7.53. The fourth-order valence-electron chi connectivity index (χ4n) is 4.74. The van der Waals surface area contributed by atoms with Crippen LogP contribution in [0.2, 0.25) is 0 Å². The number of rotatable bonds is 6. The summed E-state index contributed by atoms with van der Waals surface area (Å²) in [6.07, 6.45) is 4.22. The predicted molar refractivity (Wildman–Crippen MR) is 132 cm³/mol. The molecule has 2 aliphatic rings. The first-order chi connectivity index (χ1) is 16.0. The number of thiophene rings is 1. The molecule has 2 heterocycles.